The number of nitrogens with one attached hydrogen (secondary N) is 1. The van der Waals surface area contributed by atoms with Crippen LogP contribution in [-0.2, 0) is 13.1 Å². The van der Waals surface area contributed by atoms with Crippen molar-refractivity contribution in [2.24, 2.45) is 0 Å². The first-order chi connectivity index (χ1) is 7.34. The van der Waals surface area contributed by atoms with Crippen molar-refractivity contribution in [1.29, 1.82) is 0 Å². The molecule has 0 fully saturated rings. The Bertz CT molecular complexity index is 491. The van der Waals surface area contributed by atoms with Crippen LogP contribution < -0.4 is 5.32 Å². The van der Waals surface area contributed by atoms with E-state index in [1.54, 1.807) is 6.26 Å². The van der Waals surface area contributed by atoms with Crippen LogP contribution in [0.1, 0.15) is 17.0 Å². The van der Waals surface area contributed by atoms with Gasteiger partial charge in [-0.05, 0) is 19.1 Å². The van der Waals surface area contributed by atoms with Crippen LogP contribution in [-0.4, -0.2) is 9.97 Å². The average molecular weight is 201 g/mol. The molecule has 0 aliphatic carbocycles. The Labute approximate surface area is 87.4 Å². The molecule has 2 aromatic rings. The Kier molecular flexibility index (Phi) is 1.82. The van der Waals surface area contributed by atoms with E-state index in [0.717, 1.165) is 30.2 Å². The van der Waals surface area contributed by atoms with Crippen LogP contribution in [0.15, 0.2) is 22.8 Å². The van der Waals surface area contributed by atoms with Crippen molar-refractivity contribution in [3.05, 3.63) is 35.3 Å². The summed E-state index contributed by atoms with van der Waals surface area (Å²) in [4.78, 5) is 8.93. The quantitative estimate of drug-likeness (QED) is 0.762. The molecule has 3 heterocycles. The normalized spacial score (nSPS) is 14.2. The number of fused-ring (bicyclic) bond motifs is 1. The van der Waals surface area contributed by atoms with Crippen molar-refractivity contribution in [3.63, 3.8) is 0 Å². The standard InChI is InChI=1S/C11H11N3O/c1-7-8-5-12-6-9(8)14-11(13-7)10-3-2-4-15-10/h2-4,12H,5-6H2,1H3. The molecule has 2 aromatic heterocycles. The second-order valence-corrected chi connectivity index (χ2v) is 3.64. The zero-order chi connectivity index (χ0) is 10.3. The molecular weight excluding hydrogens is 190 g/mol. The fourth-order valence-electron chi connectivity index (χ4n) is 1.85. The Balaban J connectivity index is 2.15. The Morgan fingerprint density at radius 1 is 1.33 bits per heavy atom. The van der Waals surface area contributed by atoms with Crippen molar-refractivity contribution in [2.45, 2.75) is 20.0 Å². The van der Waals surface area contributed by atoms with E-state index in [9.17, 15) is 0 Å². The van der Waals surface area contributed by atoms with Gasteiger partial charge in [-0.3, -0.25) is 0 Å². The van der Waals surface area contributed by atoms with E-state index < -0.39 is 0 Å². The Hall–Kier alpha value is -1.68. The lowest BCUT2D eigenvalue weighted by Crippen LogP contribution is -2.00. The maximum atomic E-state index is 5.29. The van der Waals surface area contributed by atoms with E-state index in [1.807, 2.05) is 19.1 Å². The molecule has 4 nitrogen and oxygen atoms in total. The SMILES string of the molecule is Cc1nc(-c2ccco2)nc2c1CNC2. The molecule has 0 aromatic carbocycles. The summed E-state index contributed by atoms with van der Waals surface area (Å²) in [5.41, 5.74) is 3.36. The lowest BCUT2D eigenvalue weighted by atomic mass is 10.2. The monoisotopic (exact) mass is 201 g/mol. The van der Waals surface area contributed by atoms with Crippen LogP contribution in [0.3, 0.4) is 0 Å². The first-order valence-electron chi connectivity index (χ1n) is 4.95. The Morgan fingerprint density at radius 2 is 2.27 bits per heavy atom. The van der Waals surface area contributed by atoms with E-state index in [1.165, 1.54) is 5.56 Å². The summed E-state index contributed by atoms with van der Waals surface area (Å²) in [5, 5.41) is 3.27. The molecule has 15 heavy (non-hydrogen) atoms. The fraction of sp³-hybridized carbons (Fsp3) is 0.273. The summed E-state index contributed by atoms with van der Waals surface area (Å²) in [6, 6.07) is 3.73. The smallest absolute Gasteiger partial charge is 0.196 e. The first-order valence-corrected chi connectivity index (χ1v) is 4.95. The first kappa shape index (κ1) is 8.61. The molecule has 76 valence electrons. The van der Waals surface area contributed by atoms with E-state index in [-0.39, 0.29) is 0 Å². The molecule has 1 aliphatic rings. The van der Waals surface area contributed by atoms with Gasteiger partial charge in [0.15, 0.2) is 11.6 Å². The van der Waals surface area contributed by atoms with Crippen molar-refractivity contribution < 1.29 is 4.42 Å². The van der Waals surface area contributed by atoms with E-state index in [0.29, 0.717) is 5.82 Å². The number of hydrogen-bond acceptors (Lipinski definition) is 4. The van der Waals surface area contributed by atoms with Gasteiger partial charge in [-0.15, -0.1) is 0 Å². The van der Waals surface area contributed by atoms with Crippen LogP contribution >= 0.6 is 0 Å². The van der Waals surface area contributed by atoms with Gasteiger partial charge in [-0.2, -0.15) is 0 Å². The fourth-order valence-corrected chi connectivity index (χ4v) is 1.85. The molecule has 1 aliphatic heterocycles. The highest BCUT2D eigenvalue weighted by Gasteiger charge is 2.17. The number of hydrogen-bond donors (Lipinski definition) is 1. The topological polar surface area (TPSA) is 51.0 Å². The maximum absolute atomic E-state index is 5.29. The highest BCUT2D eigenvalue weighted by molar-refractivity contribution is 5.48. The molecule has 4 heteroatoms. The van der Waals surface area contributed by atoms with E-state index in [2.05, 4.69) is 15.3 Å². The van der Waals surface area contributed by atoms with Crippen LogP contribution in [0.25, 0.3) is 11.6 Å². The zero-order valence-corrected chi connectivity index (χ0v) is 8.45. The highest BCUT2D eigenvalue weighted by Crippen LogP contribution is 2.21. The number of aromatic nitrogens is 2. The lowest BCUT2D eigenvalue weighted by molar-refractivity contribution is 0.576. The molecular formula is C11H11N3O. The summed E-state index contributed by atoms with van der Waals surface area (Å²) >= 11 is 0. The predicted octanol–water partition coefficient (Wildman–Crippen LogP) is 1.65. The molecule has 0 spiro atoms. The summed E-state index contributed by atoms with van der Waals surface area (Å²) in [6.07, 6.45) is 1.64. The summed E-state index contributed by atoms with van der Waals surface area (Å²) < 4.78 is 5.29. The summed E-state index contributed by atoms with van der Waals surface area (Å²) in [7, 11) is 0. The second-order valence-electron chi connectivity index (χ2n) is 3.64. The van der Waals surface area contributed by atoms with E-state index in [4.69, 9.17) is 4.42 Å². The van der Waals surface area contributed by atoms with E-state index >= 15 is 0 Å². The van der Waals surface area contributed by atoms with Gasteiger partial charge in [0.1, 0.15) is 0 Å². The van der Waals surface area contributed by atoms with Gasteiger partial charge < -0.3 is 9.73 Å². The van der Waals surface area contributed by atoms with Crippen LogP contribution in [0.5, 0.6) is 0 Å². The third-order valence-corrected chi connectivity index (χ3v) is 2.64. The zero-order valence-electron chi connectivity index (χ0n) is 8.45. The molecule has 1 N–H and O–H groups in total. The van der Waals surface area contributed by atoms with Crippen molar-refractivity contribution in [2.75, 3.05) is 0 Å². The van der Waals surface area contributed by atoms with Crippen molar-refractivity contribution in [1.82, 2.24) is 15.3 Å². The van der Waals surface area contributed by atoms with Crippen LogP contribution in [0.2, 0.25) is 0 Å². The Morgan fingerprint density at radius 3 is 3.07 bits per heavy atom. The lowest BCUT2D eigenvalue weighted by Gasteiger charge is -2.03. The molecule has 0 saturated carbocycles. The number of furan rings is 1. The molecule has 0 atom stereocenters. The number of rotatable bonds is 1. The van der Waals surface area contributed by atoms with Gasteiger partial charge >= 0.3 is 0 Å². The molecule has 0 unspecified atom stereocenters. The maximum Gasteiger partial charge on any atom is 0.196 e. The summed E-state index contributed by atoms with van der Waals surface area (Å²) in [6.45, 7) is 3.71. The second kappa shape index (κ2) is 3.17. The van der Waals surface area contributed by atoms with Gasteiger partial charge in [-0.25, -0.2) is 9.97 Å². The molecule has 0 radical (unpaired) electrons. The third-order valence-electron chi connectivity index (χ3n) is 2.64. The van der Waals surface area contributed by atoms with Gasteiger partial charge in [0.2, 0.25) is 0 Å². The summed E-state index contributed by atoms with van der Waals surface area (Å²) in [5.74, 6) is 1.41. The minimum Gasteiger partial charge on any atom is -0.461 e. The molecule has 3 rings (SSSR count). The predicted molar refractivity (Wildman–Crippen MR) is 55.0 cm³/mol. The minimum absolute atomic E-state index is 0.681. The minimum atomic E-state index is 0.681. The van der Waals surface area contributed by atoms with Crippen LogP contribution in [0, 0.1) is 6.92 Å². The van der Waals surface area contributed by atoms with Gasteiger partial charge in [0.25, 0.3) is 0 Å². The average Bonchev–Trinajstić information content (AvgIpc) is 2.88. The van der Waals surface area contributed by atoms with Gasteiger partial charge in [0, 0.05) is 24.3 Å². The largest absolute Gasteiger partial charge is 0.461 e. The van der Waals surface area contributed by atoms with Gasteiger partial charge in [0.05, 0.1) is 12.0 Å². The van der Waals surface area contributed by atoms with Gasteiger partial charge in [-0.1, -0.05) is 0 Å². The number of nitrogens with zero attached hydrogens (tertiary/aromatic N) is 2. The molecule has 0 bridgehead atoms. The molecule has 0 amide bonds. The van der Waals surface area contributed by atoms with Crippen LogP contribution in [0.4, 0.5) is 0 Å². The van der Waals surface area contributed by atoms with Crippen molar-refractivity contribution in [3.8, 4) is 11.6 Å². The molecule has 0 saturated heterocycles. The third kappa shape index (κ3) is 1.34. The number of aryl methyl sites for hydroxylation is 1. The van der Waals surface area contributed by atoms with Crippen molar-refractivity contribution >= 4 is 0 Å². The highest BCUT2D eigenvalue weighted by atomic mass is 16.3.